The van der Waals surface area contributed by atoms with Crippen molar-refractivity contribution in [3.05, 3.63) is 23.4 Å². The number of methoxy groups -OCH3 is 1. The van der Waals surface area contributed by atoms with Crippen LogP contribution in [0.3, 0.4) is 0 Å². The van der Waals surface area contributed by atoms with Crippen LogP contribution in [-0.4, -0.2) is 66.9 Å². The van der Waals surface area contributed by atoms with Crippen molar-refractivity contribution in [3.8, 4) is 5.75 Å². The molecule has 1 aromatic carbocycles. The van der Waals surface area contributed by atoms with Gasteiger partial charge in [0.25, 0.3) is 10.2 Å². The number of aliphatic hydroxyl groups is 1. The van der Waals surface area contributed by atoms with E-state index < -0.39 is 16.3 Å². The van der Waals surface area contributed by atoms with E-state index >= 15 is 0 Å². The minimum atomic E-state index is -3.85. The van der Waals surface area contributed by atoms with Crippen molar-refractivity contribution in [2.75, 3.05) is 31.6 Å². The predicted molar refractivity (Wildman–Crippen MR) is 110 cm³/mol. The highest BCUT2D eigenvalue weighted by Gasteiger charge is 2.55. The lowest BCUT2D eigenvalue weighted by Gasteiger charge is -2.61. The zero-order chi connectivity index (χ0) is 21.0. The molecule has 0 amide bonds. The molecule has 1 aliphatic carbocycles. The monoisotopic (exact) mass is 441 g/mol. The molecule has 2 aliphatic rings. The Morgan fingerprint density at radius 2 is 2.14 bits per heavy atom. The quantitative estimate of drug-likeness (QED) is 0.689. The fourth-order valence-corrected chi connectivity index (χ4v) is 5.74. The highest BCUT2D eigenvalue weighted by molar-refractivity contribution is 7.86. The van der Waals surface area contributed by atoms with Crippen LogP contribution >= 0.6 is 11.6 Å². The van der Waals surface area contributed by atoms with E-state index in [0.29, 0.717) is 16.3 Å². The largest absolute Gasteiger partial charge is 0.495 e. The van der Waals surface area contributed by atoms with Crippen LogP contribution in [0.5, 0.6) is 5.75 Å². The van der Waals surface area contributed by atoms with Crippen LogP contribution in [0.25, 0.3) is 10.9 Å². The number of nitrogens with zero attached hydrogens (tertiary/aromatic N) is 4. The minimum Gasteiger partial charge on any atom is -0.495 e. The summed E-state index contributed by atoms with van der Waals surface area (Å²) in [4.78, 5) is 2.20. The molecule has 2 fully saturated rings. The fourth-order valence-electron chi connectivity index (χ4n) is 4.51. The van der Waals surface area contributed by atoms with Crippen molar-refractivity contribution >= 4 is 38.4 Å². The lowest BCUT2D eigenvalue weighted by Crippen LogP contribution is -2.68. The minimum absolute atomic E-state index is 0.0164. The third-order valence-corrected chi connectivity index (χ3v) is 7.20. The molecule has 2 aromatic rings. The fraction of sp³-hybridized carbons (Fsp3) is 0.556. The van der Waals surface area contributed by atoms with Gasteiger partial charge in [0.1, 0.15) is 5.75 Å². The molecule has 1 saturated heterocycles. The second-order valence-corrected chi connectivity index (χ2v) is 10.0. The van der Waals surface area contributed by atoms with Gasteiger partial charge in [-0.1, -0.05) is 11.6 Å². The molecule has 1 spiro atoms. The van der Waals surface area contributed by atoms with Crippen molar-refractivity contribution in [2.24, 2.45) is 10.6 Å². The summed E-state index contributed by atoms with van der Waals surface area (Å²) in [6.07, 6.45) is 2.40. The van der Waals surface area contributed by atoms with Gasteiger partial charge in [0.2, 0.25) is 0 Å². The molecule has 29 heavy (non-hydrogen) atoms. The maximum absolute atomic E-state index is 11.9. The smallest absolute Gasteiger partial charge is 0.277 e. The lowest BCUT2D eigenvalue weighted by molar-refractivity contribution is 0.00265. The van der Waals surface area contributed by atoms with E-state index in [1.165, 1.54) is 4.31 Å². The summed E-state index contributed by atoms with van der Waals surface area (Å²) in [7, 11) is -2.29. The van der Waals surface area contributed by atoms with E-state index in [1.54, 1.807) is 26.3 Å². The second-order valence-electron chi connectivity index (χ2n) is 8.12. The van der Waals surface area contributed by atoms with Gasteiger partial charge in [-0.3, -0.25) is 0 Å². The van der Waals surface area contributed by atoms with Gasteiger partial charge in [0.05, 0.1) is 35.6 Å². The number of ether oxygens (including phenoxy) is 1. The van der Waals surface area contributed by atoms with Crippen molar-refractivity contribution in [1.82, 2.24) is 14.5 Å². The molecule has 158 valence electrons. The lowest BCUT2D eigenvalue weighted by atomic mass is 9.60. The number of nitrogens with two attached hydrogens (primary N) is 1. The first-order valence-electron chi connectivity index (χ1n) is 9.33. The Kier molecular flexibility index (Phi) is 5.11. The maximum Gasteiger partial charge on any atom is 0.277 e. The van der Waals surface area contributed by atoms with Crippen molar-refractivity contribution in [2.45, 2.75) is 31.9 Å². The van der Waals surface area contributed by atoms with Crippen LogP contribution in [0.1, 0.15) is 19.8 Å². The average molecular weight is 442 g/mol. The maximum atomic E-state index is 11.9. The van der Waals surface area contributed by atoms with Crippen molar-refractivity contribution in [3.63, 3.8) is 0 Å². The first kappa shape index (κ1) is 20.5. The first-order chi connectivity index (χ1) is 13.6. The van der Waals surface area contributed by atoms with Crippen LogP contribution in [0.2, 0.25) is 5.02 Å². The Balaban J connectivity index is 1.48. The Morgan fingerprint density at radius 1 is 1.45 bits per heavy atom. The standard InChI is InChI=1S/C18H24ClN5O4S/c1-11(25)8-24(29(20,26)27)12-5-18(6-12)9-23(10-18)16-7-21-22-15-4-17(28-2)14(19)3-13(15)16/h3-4,7,11-12,25H,5-6,8-10H2,1-2H3,(H2,20,26,27). The van der Waals surface area contributed by atoms with E-state index in [0.717, 1.165) is 37.0 Å². The molecule has 1 unspecified atom stereocenters. The Hall–Kier alpha value is -1.72. The van der Waals surface area contributed by atoms with E-state index in [4.69, 9.17) is 21.5 Å². The van der Waals surface area contributed by atoms with Crippen LogP contribution in [-0.2, 0) is 10.2 Å². The molecular weight excluding hydrogens is 418 g/mol. The number of benzene rings is 1. The number of aliphatic hydroxyl groups excluding tert-OH is 1. The van der Waals surface area contributed by atoms with Crippen LogP contribution in [0, 0.1) is 5.41 Å². The number of halogens is 1. The predicted octanol–water partition coefficient (Wildman–Crippen LogP) is 1.15. The van der Waals surface area contributed by atoms with E-state index in [2.05, 4.69) is 15.1 Å². The first-order valence-corrected chi connectivity index (χ1v) is 11.2. The van der Waals surface area contributed by atoms with Gasteiger partial charge in [-0.05, 0) is 25.8 Å². The molecule has 1 saturated carbocycles. The molecule has 0 radical (unpaired) electrons. The summed E-state index contributed by atoms with van der Waals surface area (Å²) < 4.78 is 30.2. The normalized spacial score (nSPS) is 20.0. The van der Waals surface area contributed by atoms with Gasteiger partial charge in [0, 0.05) is 42.5 Å². The number of fused-ring (bicyclic) bond motifs is 1. The summed E-state index contributed by atoms with van der Waals surface area (Å²) in [6, 6.07) is 3.43. The summed E-state index contributed by atoms with van der Waals surface area (Å²) in [6.45, 7) is 3.16. The molecule has 1 aliphatic heterocycles. The molecule has 0 bridgehead atoms. The summed E-state index contributed by atoms with van der Waals surface area (Å²) in [5, 5.41) is 24.6. The molecular formula is C18H24ClN5O4S. The van der Waals surface area contributed by atoms with Gasteiger partial charge in [-0.2, -0.15) is 22.9 Å². The Morgan fingerprint density at radius 3 is 2.72 bits per heavy atom. The van der Waals surface area contributed by atoms with Gasteiger partial charge in [-0.25, -0.2) is 5.14 Å². The second kappa shape index (κ2) is 7.21. The SMILES string of the molecule is COc1cc2nncc(N3CC4(CC(N(CC(C)O)S(N)(=O)=O)C4)C3)c2cc1Cl. The highest BCUT2D eigenvalue weighted by atomic mass is 35.5. The van der Waals surface area contributed by atoms with Crippen LogP contribution in [0.15, 0.2) is 18.3 Å². The van der Waals surface area contributed by atoms with Gasteiger partial charge < -0.3 is 14.7 Å². The number of hydrogen-bond acceptors (Lipinski definition) is 7. The molecule has 3 N–H and O–H groups in total. The third-order valence-electron chi connectivity index (χ3n) is 5.80. The molecule has 4 rings (SSSR count). The molecule has 11 heteroatoms. The number of hydrogen-bond donors (Lipinski definition) is 2. The third kappa shape index (κ3) is 3.75. The Labute approximate surface area is 174 Å². The molecule has 1 atom stereocenters. The summed E-state index contributed by atoms with van der Waals surface area (Å²) >= 11 is 6.29. The van der Waals surface area contributed by atoms with Crippen molar-refractivity contribution < 1.29 is 18.3 Å². The van der Waals surface area contributed by atoms with E-state index in [9.17, 15) is 13.5 Å². The van der Waals surface area contributed by atoms with Gasteiger partial charge >= 0.3 is 0 Å². The number of rotatable bonds is 6. The Bertz CT molecular complexity index is 1030. The van der Waals surface area contributed by atoms with Crippen molar-refractivity contribution in [1.29, 1.82) is 0 Å². The number of anilines is 1. The molecule has 9 nitrogen and oxygen atoms in total. The van der Waals surface area contributed by atoms with Crippen LogP contribution < -0.4 is 14.8 Å². The molecule has 1 aromatic heterocycles. The zero-order valence-electron chi connectivity index (χ0n) is 16.2. The van der Waals surface area contributed by atoms with E-state index in [1.807, 2.05) is 6.07 Å². The number of aromatic nitrogens is 2. The van der Waals surface area contributed by atoms with Crippen LogP contribution in [0.4, 0.5) is 5.69 Å². The van der Waals surface area contributed by atoms with Gasteiger partial charge in [0.15, 0.2) is 0 Å². The van der Waals surface area contributed by atoms with Gasteiger partial charge in [-0.15, -0.1) is 0 Å². The average Bonchev–Trinajstić information content (AvgIpc) is 2.56. The zero-order valence-corrected chi connectivity index (χ0v) is 17.8. The van der Waals surface area contributed by atoms with E-state index in [-0.39, 0.29) is 18.0 Å². The highest BCUT2D eigenvalue weighted by Crippen LogP contribution is 2.52. The summed E-state index contributed by atoms with van der Waals surface area (Å²) in [5.41, 5.74) is 1.70. The molecule has 2 heterocycles. The topological polar surface area (TPSA) is 122 Å². The summed E-state index contributed by atoms with van der Waals surface area (Å²) in [5.74, 6) is 0.550.